The highest BCUT2D eigenvalue weighted by molar-refractivity contribution is 5.23. The van der Waals surface area contributed by atoms with Gasteiger partial charge in [-0.15, -0.1) is 0 Å². The van der Waals surface area contributed by atoms with Crippen LogP contribution in [0.2, 0.25) is 0 Å². The van der Waals surface area contributed by atoms with Crippen LogP contribution in [0.3, 0.4) is 0 Å². The van der Waals surface area contributed by atoms with Crippen LogP contribution >= 0.6 is 0 Å². The van der Waals surface area contributed by atoms with Gasteiger partial charge < -0.3 is 10.2 Å². The van der Waals surface area contributed by atoms with Crippen LogP contribution in [0, 0.1) is 5.82 Å². The van der Waals surface area contributed by atoms with Crippen LogP contribution in [-0.4, -0.2) is 37.1 Å². The van der Waals surface area contributed by atoms with E-state index in [2.05, 4.69) is 17.3 Å². The Morgan fingerprint density at radius 1 is 1.21 bits per heavy atom. The summed E-state index contributed by atoms with van der Waals surface area (Å²) in [5.74, 6) is 0.486. The molecule has 3 rings (SSSR count). The van der Waals surface area contributed by atoms with E-state index in [4.69, 9.17) is 0 Å². The first-order chi connectivity index (χ1) is 9.22. The maximum absolute atomic E-state index is 12.8. The zero-order valence-electron chi connectivity index (χ0n) is 11.6. The summed E-state index contributed by atoms with van der Waals surface area (Å²) in [6.07, 6.45) is 5.15. The average Bonchev–Trinajstić information content (AvgIpc) is 3.17. The number of hydrogen-bond acceptors (Lipinski definition) is 2. The Morgan fingerprint density at radius 3 is 2.53 bits per heavy atom. The summed E-state index contributed by atoms with van der Waals surface area (Å²) in [7, 11) is 2.22. The number of halogens is 1. The summed E-state index contributed by atoms with van der Waals surface area (Å²) in [6.45, 7) is 2.25. The molecule has 1 N–H and O–H groups in total. The Bertz CT molecular complexity index is 407. The van der Waals surface area contributed by atoms with E-state index in [-0.39, 0.29) is 5.82 Å². The lowest BCUT2D eigenvalue weighted by Crippen LogP contribution is -2.43. The molecule has 0 radical (unpaired) electrons. The topological polar surface area (TPSA) is 15.3 Å². The first-order valence-corrected chi connectivity index (χ1v) is 7.41. The average molecular weight is 262 g/mol. The minimum absolute atomic E-state index is 0.138. The summed E-state index contributed by atoms with van der Waals surface area (Å²) in [5, 5.41) is 3.63. The lowest BCUT2D eigenvalue weighted by Gasteiger charge is -2.36. The predicted octanol–water partition coefficient (Wildman–Crippen LogP) is 2.76. The van der Waals surface area contributed by atoms with E-state index < -0.39 is 0 Å². The van der Waals surface area contributed by atoms with Crippen LogP contribution in [0.15, 0.2) is 24.3 Å². The summed E-state index contributed by atoms with van der Waals surface area (Å²) >= 11 is 0. The molecule has 2 saturated carbocycles. The fraction of sp³-hybridized carbons (Fsp3) is 0.625. The zero-order valence-corrected chi connectivity index (χ0v) is 11.6. The molecule has 1 aromatic carbocycles. The van der Waals surface area contributed by atoms with Crippen molar-refractivity contribution in [1.29, 1.82) is 0 Å². The third-order valence-electron chi connectivity index (χ3n) is 4.55. The van der Waals surface area contributed by atoms with E-state index in [0.29, 0.717) is 12.0 Å². The van der Waals surface area contributed by atoms with Gasteiger partial charge in [0.15, 0.2) is 0 Å². The van der Waals surface area contributed by atoms with Gasteiger partial charge in [-0.2, -0.15) is 0 Å². The standard InChI is InChI=1S/C16H23FN2/c1-19(16-6-7-16)9-8-18-15-10-13(11-15)12-2-4-14(17)5-3-12/h2-5,13,15-16,18H,6-11H2,1H3. The van der Waals surface area contributed by atoms with Gasteiger partial charge in [0, 0.05) is 25.2 Å². The monoisotopic (exact) mass is 262 g/mol. The number of nitrogens with zero attached hydrogens (tertiary/aromatic N) is 1. The fourth-order valence-electron chi connectivity index (χ4n) is 2.93. The second-order valence-electron chi connectivity index (χ2n) is 6.08. The van der Waals surface area contributed by atoms with E-state index in [0.717, 1.165) is 19.1 Å². The lowest BCUT2D eigenvalue weighted by molar-refractivity contribution is 0.262. The van der Waals surface area contributed by atoms with Crippen molar-refractivity contribution < 1.29 is 4.39 Å². The first kappa shape index (κ1) is 13.1. The molecular formula is C16H23FN2. The molecule has 0 aromatic heterocycles. The molecular weight excluding hydrogens is 239 g/mol. The smallest absolute Gasteiger partial charge is 0.123 e. The summed E-state index contributed by atoms with van der Waals surface area (Å²) in [5.41, 5.74) is 1.29. The molecule has 0 aliphatic heterocycles. The van der Waals surface area contributed by atoms with Gasteiger partial charge in [-0.05, 0) is 56.3 Å². The van der Waals surface area contributed by atoms with Crippen LogP contribution in [0.5, 0.6) is 0 Å². The van der Waals surface area contributed by atoms with E-state index >= 15 is 0 Å². The van der Waals surface area contributed by atoms with Crippen LogP contribution in [-0.2, 0) is 0 Å². The van der Waals surface area contributed by atoms with Crippen molar-refractivity contribution in [2.75, 3.05) is 20.1 Å². The third kappa shape index (κ3) is 3.34. The summed E-state index contributed by atoms with van der Waals surface area (Å²) < 4.78 is 12.8. The lowest BCUT2D eigenvalue weighted by atomic mass is 9.76. The van der Waals surface area contributed by atoms with Crippen molar-refractivity contribution in [2.24, 2.45) is 0 Å². The molecule has 0 spiro atoms. The quantitative estimate of drug-likeness (QED) is 0.848. The molecule has 2 aliphatic rings. The van der Waals surface area contributed by atoms with E-state index in [1.165, 1.54) is 31.2 Å². The van der Waals surface area contributed by atoms with Crippen molar-refractivity contribution in [3.63, 3.8) is 0 Å². The van der Waals surface area contributed by atoms with Crippen LogP contribution in [0.25, 0.3) is 0 Å². The van der Waals surface area contributed by atoms with Crippen molar-refractivity contribution in [1.82, 2.24) is 10.2 Å². The number of rotatable bonds is 6. The Labute approximate surface area is 115 Å². The Morgan fingerprint density at radius 2 is 1.89 bits per heavy atom. The second-order valence-corrected chi connectivity index (χ2v) is 6.08. The molecule has 0 bridgehead atoms. The highest BCUT2D eigenvalue weighted by atomic mass is 19.1. The molecule has 2 fully saturated rings. The predicted molar refractivity (Wildman–Crippen MR) is 75.8 cm³/mol. The van der Waals surface area contributed by atoms with Gasteiger partial charge >= 0.3 is 0 Å². The zero-order chi connectivity index (χ0) is 13.2. The van der Waals surface area contributed by atoms with Crippen molar-refractivity contribution in [2.45, 2.75) is 43.7 Å². The summed E-state index contributed by atoms with van der Waals surface area (Å²) in [6, 6.07) is 8.51. The van der Waals surface area contributed by atoms with Gasteiger partial charge in [-0.1, -0.05) is 12.1 Å². The van der Waals surface area contributed by atoms with Gasteiger partial charge in [0.1, 0.15) is 5.82 Å². The van der Waals surface area contributed by atoms with Gasteiger partial charge in [0.2, 0.25) is 0 Å². The summed E-state index contributed by atoms with van der Waals surface area (Å²) in [4.78, 5) is 2.46. The maximum Gasteiger partial charge on any atom is 0.123 e. The highest BCUT2D eigenvalue weighted by Crippen LogP contribution is 2.36. The van der Waals surface area contributed by atoms with Gasteiger partial charge in [0.05, 0.1) is 0 Å². The number of nitrogens with one attached hydrogen (secondary N) is 1. The normalized spacial score (nSPS) is 26.5. The van der Waals surface area contributed by atoms with E-state index in [1.54, 1.807) is 12.1 Å². The fourth-order valence-corrected chi connectivity index (χ4v) is 2.93. The molecule has 0 saturated heterocycles. The molecule has 2 nitrogen and oxygen atoms in total. The first-order valence-electron chi connectivity index (χ1n) is 7.41. The van der Waals surface area contributed by atoms with Crippen LogP contribution < -0.4 is 5.32 Å². The molecule has 0 atom stereocenters. The van der Waals surface area contributed by atoms with Gasteiger partial charge in [0.25, 0.3) is 0 Å². The molecule has 19 heavy (non-hydrogen) atoms. The molecule has 0 heterocycles. The Hall–Kier alpha value is -0.930. The highest BCUT2D eigenvalue weighted by Gasteiger charge is 2.30. The van der Waals surface area contributed by atoms with Crippen molar-refractivity contribution in [3.05, 3.63) is 35.6 Å². The van der Waals surface area contributed by atoms with Gasteiger partial charge in [-0.25, -0.2) is 4.39 Å². The molecule has 104 valence electrons. The van der Waals surface area contributed by atoms with Crippen LogP contribution in [0.4, 0.5) is 4.39 Å². The SMILES string of the molecule is CN(CCNC1CC(c2ccc(F)cc2)C1)C1CC1. The molecule has 0 amide bonds. The molecule has 2 aliphatic carbocycles. The second kappa shape index (κ2) is 5.59. The molecule has 1 aromatic rings. The largest absolute Gasteiger partial charge is 0.313 e. The maximum atomic E-state index is 12.8. The van der Waals surface area contributed by atoms with Crippen molar-refractivity contribution in [3.8, 4) is 0 Å². The van der Waals surface area contributed by atoms with Crippen molar-refractivity contribution >= 4 is 0 Å². The Balaban J connectivity index is 1.34. The third-order valence-corrected chi connectivity index (χ3v) is 4.55. The Kier molecular flexibility index (Phi) is 3.85. The van der Waals surface area contributed by atoms with Gasteiger partial charge in [-0.3, -0.25) is 0 Å². The van der Waals surface area contributed by atoms with Crippen LogP contribution in [0.1, 0.15) is 37.2 Å². The molecule has 0 unspecified atom stereocenters. The minimum atomic E-state index is -0.138. The number of hydrogen-bond donors (Lipinski definition) is 1. The van der Waals surface area contributed by atoms with E-state index in [9.17, 15) is 4.39 Å². The molecule has 3 heteroatoms. The number of likely N-dealkylation sites (N-methyl/N-ethyl adjacent to an activating group) is 1. The van der Waals surface area contributed by atoms with E-state index in [1.807, 2.05) is 12.1 Å². The minimum Gasteiger partial charge on any atom is -0.313 e. The number of benzene rings is 1.